The molecule has 0 saturated heterocycles. The first kappa shape index (κ1) is 20.7. The zero-order valence-corrected chi connectivity index (χ0v) is 15.3. The molecule has 10 heteroatoms. The molecule has 0 spiro atoms. The van der Waals surface area contributed by atoms with Crippen molar-refractivity contribution in [3.05, 3.63) is 41.1 Å². The average molecular weight is 388 g/mol. The number of aromatic nitrogens is 2. The third-order valence-electron chi connectivity index (χ3n) is 3.47. The second kappa shape index (κ2) is 7.55. The van der Waals surface area contributed by atoms with Gasteiger partial charge in [0, 0.05) is 0 Å². The first-order valence-corrected chi connectivity index (χ1v) is 8.17. The quantitative estimate of drug-likeness (QED) is 0.784. The number of halogens is 3. The number of ether oxygens (including phenoxy) is 1. The van der Waals surface area contributed by atoms with Crippen molar-refractivity contribution in [2.75, 3.05) is 5.32 Å². The number of anilines is 1. The Kier molecular flexibility index (Phi) is 5.79. The Morgan fingerprint density at radius 2 is 1.89 bits per heavy atom. The molecule has 1 amide bonds. The molecule has 7 nitrogen and oxygen atoms in total. The minimum absolute atomic E-state index is 0.0862. The number of aryl methyl sites for hydroxylation is 1. The maximum absolute atomic E-state index is 12.7. The number of benzene rings is 1. The Morgan fingerprint density at radius 1 is 1.30 bits per heavy atom. The third-order valence-corrected chi connectivity index (χ3v) is 3.47. The van der Waals surface area contributed by atoms with E-state index in [1.807, 2.05) is 0 Å². The van der Waals surface area contributed by atoms with Gasteiger partial charge < -0.3 is 9.84 Å². The average Bonchev–Trinajstić information content (AvgIpc) is 2.94. The van der Waals surface area contributed by atoms with E-state index in [1.54, 1.807) is 27.7 Å². The van der Waals surface area contributed by atoms with Crippen LogP contribution in [0.15, 0.2) is 28.8 Å². The summed E-state index contributed by atoms with van der Waals surface area (Å²) in [5.74, 6) is -0.154. The SMILES string of the molecule is CC[n+]1noc(NC(=O)OC(C)(C)C)c1C(O)c1ccc(C(F)(F)F)cc1. The van der Waals surface area contributed by atoms with E-state index in [4.69, 9.17) is 9.26 Å². The van der Waals surface area contributed by atoms with Crippen LogP contribution >= 0.6 is 0 Å². The smallest absolute Gasteiger partial charge is 0.416 e. The van der Waals surface area contributed by atoms with Gasteiger partial charge in [-0.15, -0.1) is 0 Å². The summed E-state index contributed by atoms with van der Waals surface area (Å²) in [4.78, 5) is 12.0. The molecule has 1 unspecified atom stereocenters. The minimum atomic E-state index is -4.48. The van der Waals surface area contributed by atoms with Gasteiger partial charge in [0.2, 0.25) is 5.27 Å². The first-order chi connectivity index (χ1) is 12.4. The van der Waals surface area contributed by atoms with Gasteiger partial charge in [0.15, 0.2) is 12.6 Å². The van der Waals surface area contributed by atoms with Crippen LogP contribution in [0.5, 0.6) is 0 Å². The molecule has 0 saturated carbocycles. The number of nitrogens with zero attached hydrogens (tertiary/aromatic N) is 2. The Hall–Kier alpha value is -2.62. The van der Waals surface area contributed by atoms with Gasteiger partial charge in [-0.3, -0.25) is 9.84 Å². The van der Waals surface area contributed by atoms with E-state index in [0.717, 1.165) is 24.3 Å². The molecule has 1 atom stereocenters. The molecule has 2 rings (SSSR count). The van der Waals surface area contributed by atoms with Gasteiger partial charge >= 0.3 is 23.8 Å². The fourth-order valence-electron chi connectivity index (χ4n) is 2.29. The molecule has 2 N–H and O–H groups in total. The summed E-state index contributed by atoms with van der Waals surface area (Å²) in [6, 6.07) is 4.03. The predicted molar refractivity (Wildman–Crippen MR) is 87.7 cm³/mol. The van der Waals surface area contributed by atoms with Crippen LogP contribution in [0.1, 0.15) is 50.6 Å². The maximum Gasteiger partial charge on any atom is 0.416 e. The highest BCUT2D eigenvalue weighted by Crippen LogP contribution is 2.31. The van der Waals surface area contributed by atoms with Crippen molar-refractivity contribution >= 4 is 12.0 Å². The molecule has 0 fully saturated rings. The number of aliphatic hydroxyl groups is 1. The van der Waals surface area contributed by atoms with E-state index >= 15 is 0 Å². The summed E-state index contributed by atoms with van der Waals surface area (Å²) in [6.45, 7) is 7.06. The Morgan fingerprint density at radius 3 is 2.37 bits per heavy atom. The van der Waals surface area contributed by atoms with E-state index in [1.165, 1.54) is 4.68 Å². The minimum Gasteiger partial charge on any atom is -0.444 e. The number of carbonyl (C=O) groups excluding carboxylic acids is 1. The number of carbonyl (C=O) groups is 1. The number of hydrogen-bond donors (Lipinski definition) is 2. The second-order valence-corrected chi connectivity index (χ2v) is 6.75. The van der Waals surface area contributed by atoms with Crippen molar-refractivity contribution in [2.45, 2.75) is 52.1 Å². The summed E-state index contributed by atoms with van der Waals surface area (Å²) < 4.78 is 49.6. The lowest BCUT2D eigenvalue weighted by Crippen LogP contribution is -2.40. The summed E-state index contributed by atoms with van der Waals surface area (Å²) in [7, 11) is 0. The van der Waals surface area contributed by atoms with Gasteiger partial charge in [-0.25, -0.2) is 4.79 Å². The normalized spacial score (nSPS) is 13.3. The monoisotopic (exact) mass is 388 g/mol. The van der Waals surface area contributed by atoms with Crippen LogP contribution in [-0.2, 0) is 17.5 Å². The van der Waals surface area contributed by atoms with Gasteiger partial charge in [-0.2, -0.15) is 13.2 Å². The van der Waals surface area contributed by atoms with Crippen molar-refractivity contribution in [1.82, 2.24) is 5.27 Å². The molecule has 1 aromatic carbocycles. The highest BCUT2D eigenvalue weighted by Gasteiger charge is 2.35. The van der Waals surface area contributed by atoms with E-state index in [-0.39, 0.29) is 17.1 Å². The largest absolute Gasteiger partial charge is 0.444 e. The molecule has 0 bridgehead atoms. The number of alkyl halides is 3. The maximum atomic E-state index is 12.7. The molecular formula is C17H21F3N3O4+. The van der Waals surface area contributed by atoms with Crippen molar-refractivity contribution in [3.8, 4) is 0 Å². The summed E-state index contributed by atoms with van der Waals surface area (Å²) in [6.07, 6.45) is -6.67. The molecule has 1 aromatic heterocycles. The standard InChI is InChI=1S/C17H20F3N3O4/c1-5-23-12(14(27-22-23)21-15(25)26-16(2,3)4)13(24)10-6-8-11(9-7-10)17(18,19)20/h6-9,13,24H,5H2,1-4H3/p+1. The molecule has 0 aliphatic carbocycles. The zero-order valence-electron chi connectivity index (χ0n) is 15.3. The van der Waals surface area contributed by atoms with Crippen LogP contribution in [0.2, 0.25) is 0 Å². The van der Waals surface area contributed by atoms with Gasteiger partial charge in [-0.05, 0) is 50.1 Å². The predicted octanol–water partition coefficient (Wildman–Crippen LogP) is 3.43. The second-order valence-electron chi connectivity index (χ2n) is 6.75. The third kappa shape index (κ3) is 5.19. The van der Waals surface area contributed by atoms with Crippen LogP contribution in [0, 0.1) is 0 Å². The van der Waals surface area contributed by atoms with Crippen molar-refractivity contribution in [2.24, 2.45) is 0 Å². The zero-order chi connectivity index (χ0) is 20.4. The van der Waals surface area contributed by atoms with E-state index < -0.39 is 29.5 Å². The molecule has 0 radical (unpaired) electrons. The fraction of sp³-hybridized carbons (Fsp3) is 0.471. The van der Waals surface area contributed by atoms with Crippen LogP contribution in [0.4, 0.5) is 23.8 Å². The van der Waals surface area contributed by atoms with Crippen LogP contribution < -0.4 is 10.00 Å². The fourth-order valence-corrected chi connectivity index (χ4v) is 2.29. The molecular weight excluding hydrogens is 367 g/mol. The van der Waals surface area contributed by atoms with Gasteiger partial charge in [-0.1, -0.05) is 12.1 Å². The Bertz CT molecular complexity index is 795. The van der Waals surface area contributed by atoms with Crippen LogP contribution in [-0.4, -0.2) is 22.1 Å². The highest BCUT2D eigenvalue weighted by molar-refractivity contribution is 5.83. The molecule has 148 valence electrons. The molecule has 0 aliphatic rings. The van der Waals surface area contributed by atoms with E-state index in [0.29, 0.717) is 6.54 Å². The van der Waals surface area contributed by atoms with Crippen LogP contribution in [0.3, 0.4) is 0 Å². The van der Waals surface area contributed by atoms with Gasteiger partial charge in [0.05, 0.1) is 5.56 Å². The lowest BCUT2D eigenvalue weighted by molar-refractivity contribution is -0.767. The summed E-state index contributed by atoms with van der Waals surface area (Å²) in [5.41, 5.74) is -1.32. The first-order valence-electron chi connectivity index (χ1n) is 8.17. The topological polar surface area (TPSA) is 88.5 Å². The van der Waals surface area contributed by atoms with Crippen LogP contribution in [0.25, 0.3) is 0 Å². The van der Waals surface area contributed by atoms with Crippen molar-refractivity contribution in [3.63, 3.8) is 0 Å². The number of nitrogens with one attached hydrogen (secondary N) is 1. The molecule has 0 aliphatic heterocycles. The molecule has 2 aromatic rings. The van der Waals surface area contributed by atoms with Gasteiger partial charge in [0.1, 0.15) is 5.60 Å². The summed E-state index contributed by atoms with van der Waals surface area (Å²) in [5, 5.41) is 16.7. The van der Waals surface area contributed by atoms with E-state index in [2.05, 4.69) is 10.6 Å². The van der Waals surface area contributed by atoms with Crippen molar-refractivity contribution in [1.29, 1.82) is 0 Å². The number of rotatable bonds is 4. The Balaban J connectivity index is 2.31. The number of amides is 1. The van der Waals surface area contributed by atoms with E-state index in [9.17, 15) is 23.1 Å². The molecule has 27 heavy (non-hydrogen) atoms. The lowest BCUT2D eigenvalue weighted by atomic mass is 10.0. The number of hydrogen-bond acceptors (Lipinski definition) is 5. The van der Waals surface area contributed by atoms with Gasteiger partial charge in [0.25, 0.3) is 0 Å². The summed E-state index contributed by atoms with van der Waals surface area (Å²) >= 11 is 0. The Labute approximate surface area is 153 Å². The highest BCUT2D eigenvalue weighted by atomic mass is 19.4. The van der Waals surface area contributed by atoms with Crippen molar-refractivity contribution < 1.29 is 37.0 Å². The number of aliphatic hydroxyl groups excluding tert-OH is 1. The lowest BCUT2D eigenvalue weighted by Gasteiger charge is -2.18. The molecule has 1 heterocycles.